The number of hydrogen-bond donors (Lipinski definition) is 1. The predicted octanol–water partition coefficient (Wildman–Crippen LogP) is 0.794. The van der Waals surface area contributed by atoms with Gasteiger partial charge < -0.3 is 14.8 Å². The van der Waals surface area contributed by atoms with Crippen LogP contribution in [0.4, 0.5) is 0 Å². The van der Waals surface area contributed by atoms with E-state index in [0.717, 1.165) is 31.3 Å². The van der Waals surface area contributed by atoms with E-state index in [0.29, 0.717) is 18.7 Å². The van der Waals surface area contributed by atoms with Gasteiger partial charge in [-0.1, -0.05) is 18.2 Å². The normalized spacial score (nSPS) is 17.6. The zero-order valence-electron chi connectivity index (χ0n) is 14.7. The van der Waals surface area contributed by atoms with Crippen molar-refractivity contribution in [1.82, 2.24) is 9.62 Å². The second kappa shape index (κ2) is 9.17. The second-order valence-corrected chi connectivity index (χ2v) is 8.08. The van der Waals surface area contributed by atoms with Crippen molar-refractivity contribution in [3.05, 3.63) is 29.8 Å². The van der Waals surface area contributed by atoms with Crippen LogP contribution in [0.15, 0.2) is 24.3 Å². The SMILES string of the molecule is COc1ccccc1CCN(CC(=O)NCC1CCCO1)S(C)(=O)=O. The second-order valence-electron chi connectivity index (χ2n) is 6.10. The molecule has 0 spiro atoms. The third-order valence-corrected chi connectivity index (χ3v) is 5.41. The van der Waals surface area contributed by atoms with Crippen LogP contribution in [0.5, 0.6) is 5.75 Å². The van der Waals surface area contributed by atoms with Crippen molar-refractivity contribution < 1.29 is 22.7 Å². The molecule has 8 heteroatoms. The summed E-state index contributed by atoms with van der Waals surface area (Å²) in [7, 11) is -1.91. The molecular formula is C17H26N2O5S. The molecule has 1 aromatic rings. The molecule has 140 valence electrons. The fraction of sp³-hybridized carbons (Fsp3) is 0.588. The predicted molar refractivity (Wildman–Crippen MR) is 95.1 cm³/mol. The molecule has 2 rings (SSSR count). The lowest BCUT2D eigenvalue weighted by molar-refractivity contribution is -0.121. The molecule has 1 fully saturated rings. The molecule has 1 N–H and O–H groups in total. The molecule has 1 atom stereocenters. The van der Waals surface area contributed by atoms with Gasteiger partial charge in [0.15, 0.2) is 0 Å². The molecule has 1 aliphatic rings. The van der Waals surface area contributed by atoms with Gasteiger partial charge >= 0.3 is 0 Å². The number of ether oxygens (including phenoxy) is 2. The van der Waals surface area contributed by atoms with Crippen LogP contribution in [-0.4, -0.2) is 64.3 Å². The Balaban J connectivity index is 1.91. The Morgan fingerprint density at radius 3 is 2.80 bits per heavy atom. The highest BCUT2D eigenvalue weighted by atomic mass is 32.2. The van der Waals surface area contributed by atoms with Gasteiger partial charge in [0.1, 0.15) is 5.75 Å². The number of benzene rings is 1. The highest BCUT2D eigenvalue weighted by Gasteiger charge is 2.22. The minimum atomic E-state index is -3.49. The summed E-state index contributed by atoms with van der Waals surface area (Å²) < 4.78 is 35.9. The third-order valence-electron chi connectivity index (χ3n) is 4.16. The van der Waals surface area contributed by atoms with Crippen molar-refractivity contribution in [2.24, 2.45) is 0 Å². The highest BCUT2D eigenvalue weighted by molar-refractivity contribution is 7.88. The fourth-order valence-electron chi connectivity index (χ4n) is 2.77. The molecule has 0 radical (unpaired) electrons. The summed E-state index contributed by atoms with van der Waals surface area (Å²) in [5.41, 5.74) is 0.901. The van der Waals surface area contributed by atoms with E-state index >= 15 is 0 Å². The van der Waals surface area contributed by atoms with Crippen LogP contribution in [0.25, 0.3) is 0 Å². The zero-order chi connectivity index (χ0) is 18.3. The monoisotopic (exact) mass is 370 g/mol. The van der Waals surface area contributed by atoms with E-state index in [-0.39, 0.29) is 25.1 Å². The van der Waals surface area contributed by atoms with E-state index in [2.05, 4.69) is 5.32 Å². The van der Waals surface area contributed by atoms with Crippen LogP contribution in [0.2, 0.25) is 0 Å². The van der Waals surface area contributed by atoms with Crippen LogP contribution in [0.1, 0.15) is 18.4 Å². The van der Waals surface area contributed by atoms with Gasteiger partial charge in [-0.3, -0.25) is 4.79 Å². The molecule has 1 heterocycles. The quantitative estimate of drug-likeness (QED) is 0.695. The van der Waals surface area contributed by atoms with Gasteiger partial charge in [-0.15, -0.1) is 0 Å². The summed E-state index contributed by atoms with van der Waals surface area (Å²) in [6.45, 7) is 1.16. The number of nitrogens with zero attached hydrogens (tertiary/aromatic N) is 1. The summed E-state index contributed by atoms with van der Waals surface area (Å²) in [6, 6.07) is 7.44. The zero-order valence-corrected chi connectivity index (χ0v) is 15.5. The first-order valence-electron chi connectivity index (χ1n) is 8.35. The van der Waals surface area contributed by atoms with Crippen LogP contribution >= 0.6 is 0 Å². The van der Waals surface area contributed by atoms with Crippen molar-refractivity contribution in [2.75, 3.05) is 39.6 Å². The molecule has 1 amide bonds. The van der Waals surface area contributed by atoms with Gasteiger partial charge in [-0.05, 0) is 30.9 Å². The van der Waals surface area contributed by atoms with Crippen molar-refractivity contribution in [2.45, 2.75) is 25.4 Å². The van der Waals surface area contributed by atoms with Gasteiger partial charge in [-0.2, -0.15) is 4.31 Å². The number of nitrogens with one attached hydrogen (secondary N) is 1. The molecule has 1 unspecified atom stereocenters. The maximum atomic E-state index is 12.1. The van der Waals surface area contributed by atoms with E-state index in [1.54, 1.807) is 7.11 Å². The Morgan fingerprint density at radius 2 is 2.16 bits per heavy atom. The Bertz CT molecular complexity index is 671. The van der Waals surface area contributed by atoms with E-state index in [9.17, 15) is 13.2 Å². The number of carbonyl (C=O) groups is 1. The Labute approximate surface area is 149 Å². The van der Waals surface area contributed by atoms with Gasteiger partial charge in [0.2, 0.25) is 15.9 Å². The van der Waals surface area contributed by atoms with Gasteiger partial charge in [0.25, 0.3) is 0 Å². The summed E-state index contributed by atoms with van der Waals surface area (Å²) >= 11 is 0. The molecular weight excluding hydrogens is 344 g/mol. The van der Waals surface area contributed by atoms with Crippen molar-refractivity contribution in [1.29, 1.82) is 0 Å². The van der Waals surface area contributed by atoms with Crippen molar-refractivity contribution in [3.8, 4) is 5.75 Å². The number of methoxy groups -OCH3 is 1. The van der Waals surface area contributed by atoms with Crippen LogP contribution in [-0.2, 0) is 26.0 Å². The molecule has 25 heavy (non-hydrogen) atoms. The molecule has 7 nitrogen and oxygen atoms in total. The number of sulfonamides is 1. The lowest BCUT2D eigenvalue weighted by Crippen LogP contribution is -2.43. The van der Waals surface area contributed by atoms with Crippen molar-refractivity contribution >= 4 is 15.9 Å². The lowest BCUT2D eigenvalue weighted by atomic mass is 10.1. The van der Waals surface area contributed by atoms with E-state index < -0.39 is 10.0 Å². The number of rotatable bonds is 9. The first-order valence-corrected chi connectivity index (χ1v) is 10.2. The third kappa shape index (κ3) is 6.30. The van der Waals surface area contributed by atoms with Crippen LogP contribution in [0.3, 0.4) is 0 Å². The largest absolute Gasteiger partial charge is 0.496 e. The number of carbonyl (C=O) groups excluding carboxylic acids is 1. The summed E-state index contributed by atoms with van der Waals surface area (Å²) in [6.07, 6.45) is 3.53. The van der Waals surface area contributed by atoms with Gasteiger partial charge in [0, 0.05) is 19.7 Å². The van der Waals surface area contributed by atoms with E-state index in [4.69, 9.17) is 9.47 Å². The maximum Gasteiger partial charge on any atom is 0.235 e. The lowest BCUT2D eigenvalue weighted by Gasteiger charge is -2.20. The number of amides is 1. The average Bonchev–Trinajstić information content (AvgIpc) is 3.09. The fourth-order valence-corrected chi connectivity index (χ4v) is 3.54. The molecule has 0 bridgehead atoms. The first kappa shape index (κ1) is 19.7. The molecule has 0 aromatic heterocycles. The Kier molecular flexibility index (Phi) is 7.22. The first-order chi connectivity index (χ1) is 11.9. The number of hydrogen-bond acceptors (Lipinski definition) is 5. The molecule has 1 saturated heterocycles. The van der Waals surface area contributed by atoms with E-state index in [1.165, 1.54) is 4.31 Å². The minimum Gasteiger partial charge on any atom is -0.496 e. The summed E-state index contributed by atoms with van der Waals surface area (Å²) in [5.74, 6) is 0.389. The van der Waals surface area contributed by atoms with Gasteiger partial charge in [0.05, 0.1) is 26.0 Å². The van der Waals surface area contributed by atoms with Crippen LogP contribution < -0.4 is 10.1 Å². The van der Waals surface area contributed by atoms with Crippen LogP contribution in [0, 0.1) is 0 Å². The topological polar surface area (TPSA) is 84.9 Å². The maximum absolute atomic E-state index is 12.1. The summed E-state index contributed by atoms with van der Waals surface area (Å²) in [5, 5.41) is 2.75. The molecule has 1 aromatic carbocycles. The minimum absolute atomic E-state index is 0.0317. The van der Waals surface area contributed by atoms with Crippen molar-refractivity contribution in [3.63, 3.8) is 0 Å². The number of para-hydroxylation sites is 1. The summed E-state index contributed by atoms with van der Waals surface area (Å²) in [4.78, 5) is 12.1. The van der Waals surface area contributed by atoms with Gasteiger partial charge in [-0.25, -0.2) is 8.42 Å². The Hall–Kier alpha value is -1.64. The average molecular weight is 370 g/mol. The molecule has 0 aliphatic carbocycles. The Morgan fingerprint density at radius 1 is 1.40 bits per heavy atom. The van der Waals surface area contributed by atoms with E-state index in [1.807, 2.05) is 24.3 Å². The standard InChI is InChI=1S/C17H26N2O5S/c1-23-16-8-4-3-6-14(16)9-10-19(25(2,21)22)13-17(20)18-12-15-7-5-11-24-15/h3-4,6,8,15H,5,7,9-13H2,1-2H3,(H,18,20). The molecule has 1 aliphatic heterocycles. The highest BCUT2D eigenvalue weighted by Crippen LogP contribution is 2.18. The smallest absolute Gasteiger partial charge is 0.235 e. The molecule has 0 saturated carbocycles.